The molecule has 0 spiro atoms. The number of carboxylic acids is 1. The second kappa shape index (κ2) is 6.59. The Morgan fingerprint density at radius 1 is 1.12 bits per heavy atom. The van der Waals surface area contributed by atoms with Crippen LogP contribution < -0.4 is 0 Å². The van der Waals surface area contributed by atoms with Crippen LogP contribution in [0, 0.1) is 0 Å². The van der Waals surface area contributed by atoms with Crippen LogP contribution in [0.15, 0.2) is 47.0 Å². The van der Waals surface area contributed by atoms with Crippen LogP contribution in [0.4, 0.5) is 0 Å². The maximum absolute atomic E-state index is 12.6. The largest absolute Gasteiger partial charge is 0.477 e. The lowest BCUT2D eigenvalue weighted by molar-refractivity contribution is 0.0681. The Bertz CT molecular complexity index is 923. The third-order valence-electron chi connectivity index (χ3n) is 4.67. The Morgan fingerprint density at radius 3 is 2.54 bits per heavy atom. The van der Waals surface area contributed by atoms with Crippen molar-refractivity contribution in [2.45, 2.75) is 18.8 Å². The van der Waals surface area contributed by atoms with E-state index in [-0.39, 0.29) is 17.5 Å². The summed E-state index contributed by atoms with van der Waals surface area (Å²) >= 11 is 0. The third-order valence-corrected chi connectivity index (χ3v) is 4.67. The number of amides is 1. The number of rotatable bonds is 3. The summed E-state index contributed by atoms with van der Waals surface area (Å²) in [6, 6.07) is 10.5. The first-order valence-corrected chi connectivity index (χ1v) is 8.46. The lowest BCUT2D eigenvalue weighted by Crippen LogP contribution is -2.38. The molecule has 2 aromatic heterocycles. The minimum Gasteiger partial charge on any atom is -0.477 e. The number of para-hydroxylation sites is 2. The summed E-state index contributed by atoms with van der Waals surface area (Å²) < 4.78 is 5.84. The first-order valence-electron chi connectivity index (χ1n) is 8.46. The average Bonchev–Trinajstić information content (AvgIpc) is 3.12. The van der Waals surface area contributed by atoms with Gasteiger partial charge in [-0.05, 0) is 37.1 Å². The highest BCUT2D eigenvalue weighted by atomic mass is 16.4. The van der Waals surface area contributed by atoms with Crippen molar-refractivity contribution in [2.75, 3.05) is 13.1 Å². The van der Waals surface area contributed by atoms with Gasteiger partial charge in [-0.25, -0.2) is 14.8 Å². The number of carbonyl (C=O) groups is 2. The average molecular weight is 351 g/mol. The SMILES string of the molecule is O=C(O)c1ccc(C(=O)N2CCC(c3nc4ccccc4o3)CC2)cn1. The molecular weight excluding hydrogens is 334 g/mol. The maximum Gasteiger partial charge on any atom is 0.354 e. The normalized spacial score (nSPS) is 15.3. The van der Waals surface area contributed by atoms with Crippen LogP contribution in [-0.2, 0) is 0 Å². The Hall–Kier alpha value is -3.22. The minimum atomic E-state index is -1.11. The fourth-order valence-electron chi connectivity index (χ4n) is 3.22. The monoisotopic (exact) mass is 351 g/mol. The van der Waals surface area contributed by atoms with Crippen LogP contribution in [0.5, 0.6) is 0 Å². The number of carbonyl (C=O) groups excluding carboxylic acids is 1. The number of fused-ring (bicyclic) bond motifs is 1. The Morgan fingerprint density at radius 2 is 1.88 bits per heavy atom. The highest BCUT2D eigenvalue weighted by Crippen LogP contribution is 2.30. The number of piperidine rings is 1. The van der Waals surface area contributed by atoms with E-state index in [1.54, 1.807) is 4.90 Å². The molecule has 1 aromatic carbocycles. The molecule has 7 heteroatoms. The van der Waals surface area contributed by atoms with Gasteiger partial charge in [-0.2, -0.15) is 0 Å². The summed E-state index contributed by atoms with van der Waals surface area (Å²) in [5.41, 5.74) is 1.96. The van der Waals surface area contributed by atoms with Gasteiger partial charge in [0.1, 0.15) is 11.2 Å². The molecule has 1 aliphatic rings. The molecule has 0 unspecified atom stereocenters. The molecule has 0 aliphatic carbocycles. The van der Waals surface area contributed by atoms with Gasteiger partial charge in [-0.15, -0.1) is 0 Å². The number of pyridine rings is 1. The summed E-state index contributed by atoms with van der Waals surface area (Å²) in [6.45, 7) is 1.20. The molecule has 7 nitrogen and oxygen atoms in total. The van der Waals surface area contributed by atoms with E-state index in [0.29, 0.717) is 18.7 Å². The molecule has 1 fully saturated rings. The first kappa shape index (κ1) is 16.3. The van der Waals surface area contributed by atoms with Gasteiger partial charge in [0, 0.05) is 25.2 Å². The van der Waals surface area contributed by atoms with E-state index < -0.39 is 5.97 Å². The van der Waals surface area contributed by atoms with Crippen molar-refractivity contribution in [3.63, 3.8) is 0 Å². The van der Waals surface area contributed by atoms with Crippen LogP contribution in [0.2, 0.25) is 0 Å². The standard InChI is InChI=1S/C19H17N3O4/c23-18(13-5-6-15(19(24)25)20-11-13)22-9-7-12(8-10-22)17-21-14-3-1-2-4-16(14)26-17/h1-6,11-12H,7-10H2,(H,24,25). The highest BCUT2D eigenvalue weighted by Gasteiger charge is 2.27. The quantitative estimate of drug-likeness (QED) is 0.779. The van der Waals surface area contributed by atoms with Gasteiger partial charge in [0.2, 0.25) is 0 Å². The number of aromatic nitrogens is 2. The van der Waals surface area contributed by atoms with Gasteiger partial charge in [-0.1, -0.05) is 12.1 Å². The van der Waals surface area contributed by atoms with E-state index >= 15 is 0 Å². The zero-order chi connectivity index (χ0) is 18.1. The zero-order valence-electron chi connectivity index (χ0n) is 14.0. The van der Waals surface area contributed by atoms with Crippen LogP contribution >= 0.6 is 0 Å². The van der Waals surface area contributed by atoms with Crippen molar-refractivity contribution in [3.05, 3.63) is 59.7 Å². The van der Waals surface area contributed by atoms with E-state index in [1.807, 2.05) is 24.3 Å². The molecule has 0 radical (unpaired) electrons. The molecule has 1 saturated heterocycles. The van der Waals surface area contributed by atoms with Crippen molar-refractivity contribution in [3.8, 4) is 0 Å². The van der Waals surface area contributed by atoms with Gasteiger partial charge < -0.3 is 14.4 Å². The summed E-state index contributed by atoms with van der Waals surface area (Å²) in [5.74, 6) is -0.321. The van der Waals surface area contributed by atoms with Crippen LogP contribution in [-0.4, -0.2) is 44.9 Å². The number of likely N-dealkylation sites (tertiary alicyclic amines) is 1. The molecule has 4 rings (SSSR count). The number of aromatic carboxylic acids is 1. The predicted molar refractivity (Wildman–Crippen MR) is 93.1 cm³/mol. The molecule has 26 heavy (non-hydrogen) atoms. The molecule has 0 saturated carbocycles. The summed E-state index contributed by atoms with van der Waals surface area (Å²) in [7, 11) is 0. The Balaban J connectivity index is 1.42. The number of nitrogens with zero attached hydrogens (tertiary/aromatic N) is 3. The second-order valence-corrected chi connectivity index (χ2v) is 6.32. The number of hydrogen-bond acceptors (Lipinski definition) is 5. The van der Waals surface area contributed by atoms with Crippen molar-refractivity contribution in [1.82, 2.24) is 14.9 Å². The lowest BCUT2D eigenvalue weighted by Gasteiger charge is -2.30. The number of oxazole rings is 1. The van der Waals surface area contributed by atoms with E-state index in [4.69, 9.17) is 9.52 Å². The van der Waals surface area contributed by atoms with Crippen molar-refractivity contribution >= 4 is 23.0 Å². The van der Waals surface area contributed by atoms with Gasteiger partial charge >= 0.3 is 5.97 Å². The van der Waals surface area contributed by atoms with E-state index in [0.717, 1.165) is 29.8 Å². The Kier molecular flexibility index (Phi) is 4.12. The maximum atomic E-state index is 12.6. The van der Waals surface area contributed by atoms with Gasteiger partial charge in [0.05, 0.1) is 5.56 Å². The Labute approximate surface area is 149 Å². The van der Waals surface area contributed by atoms with E-state index in [9.17, 15) is 9.59 Å². The van der Waals surface area contributed by atoms with E-state index in [2.05, 4.69) is 9.97 Å². The van der Waals surface area contributed by atoms with Crippen molar-refractivity contribution < 1.29 is 19.1 Å². The summed E-state index contributed by atoms with van der Waals surface area (Å²) in [4.78, 5) is 33.5. The van der Waals surface area contributed by atoms with Gasteiger partial charge in [-0.3, -0.25) is 4.79 Å². The molecule has 1 amide bonds. The molecule has 3 heterocycles. The second-order valence-electron chi connectivity index (χ2n) is 6.32. The smallest absolute Gasteiger partial charge is 0.354 e. The zero-order valence-corrected chi connectivity index (χ0v) is 14.0. The van der Waals surface area contributed by atoms with Crippen LogP contribution in [0.25, 0.3) is 11.1 Å². The number of carboxylic acid groups (broad SMARTS) is 1. The van der Waals surface area contributed by atoms with Crippen LogP contribution in [0.3, 0.4) is 0 Å². The molecule has 0 bridgehead atoms. The molecule has 0 atom stereocenters. The first-order chi connectivity index (χ1) is 12.6. The molecule has 132 valence electrons. The van der Waals surface area contributed by atoms with E-state index in [1.165, 1.54) is 18.3 Å². The summed E-state index contributed by atoms with van der Waals surface area (Å²) in [5, 5.41) is 8.88. The van der Waals surface area contributed by atoms with Gasteiger partial charge in [0.15, 0.2) is 11.5 Å². The van der Waals surface area contributed by atoms with Crippen molar-refractivity contribution in [2.24, 2.45) is 0 Å². The van der Waals surface area contributed by atoms with Gasteiger partial charge in [0.25, 0.3) is 5.91 Å². The van der Waals surface area contributed by atoms with Crippen LogP contribution in [0.1, 0.15) is 45.5 Å². The molecule has 1 aliphatic heterocycles. The molecule has 1 N–H and O–H groups in total. The third kappa shape index (κ3) is 3.03. The lowest BCUT2D eigenvalue weighted by atomic mass is 9.96. The number of benzene rings is 1. The predicted octanol–water partition coefficient (Wildman–Crippen LogP) is 2.94. The topological polar surface area (TPSA) is 96.5 Å². The molecular formula is C19H17N3O4. The fraction of sp³-hybridized carbons (Fsp3) is 0.263. The van der Waals surface area contributed by atoms with Crippen molar-refractivity contribution in [1.29, 1.82) is 0 Å². The number of hydrogen-bond donors (Lipinski definition) is 1. The highest BCUT2D eigenvalue weighted by molar-refractivity contribution is 5.95. The minimum absolute atomic E-state index is 0.0729. The molecule has 3 aromatic rings. The fourth-order valence-corrected chi connectivity index (χ4v) is 3.22. The summed E-state index contributed by atoms with van der Waals surface area (Å²) in [6.07, 6.45) is 2.87.